The molecule has 1 atom stereocenters. The van der Waals surface area contributed by atoms with E-state index in [-0.39, 0.29) is 18.3 Å². The van der Waals surface area contributed by atoms with Gasteiger partial charge in [-0.25, -0.2) is 4.39 Å². The second-order valence-electron chi connectivity index (χ2n) is 4.82. The molecular formula is C16H15Cl2FO. The Labute approximate surface area is 128 Å². The van der Waals surface area contributed by atoms with Gasteiger partial charge >= 0.3 is 0 Å². The fraction of sp³-hybridized carbons (Fsp3) is 0.250. The highest BCUT2D eigenvalue weighted by atomic mass is 35.5. The lowest BCUT2D eigenvalue weighted by Crippen LogP contribution is -2.13. The van der Waals surface area contributed by atoms with Crippen LogP contribution in [0, 0.1) is 11.7 Å². The van der Waals surface area contributed by atoms with Gasteiger partial charge < -0.3 is 5.11 Å². The topological polar surface area (TPSA) is 20.2 Å². The van der Waals surface area contributed by atoms with Crippen LogP contribution < -0.4 is 0 Å². The summed E-state index contributed by atoms with van der Waals surface area (Å²) < 4.78 is 13.2. The zero-order valence-electron chi connectivity index (χ0n) is 10.8. The van der Waals surface area contributed by atoms with Gasteiger partial charge in [0.2, 0.25) is 0 Å². The second kappa shape index (κ2) is 7.07. The Morgan fingerprint density at radius 2 is 1.85 bits per heavy atom. The van der Waals surface area contributed by atoms with Crippen LogP contribution in [0.25, 0.3) is 0 Å². The molecule has 2 aromatic carbocycles. The quantitative estimate of drug-likeness (QED) is 0.860. The lowest BCUT2D eigenvalue weighted by molar-refractivity contribution is 0.225. The van der Waals surface area contributed by atoms with Crippen LogP contribution in [0.4, 0.5) is 4.39 Å². The molecule has 0 aliphatic carbocycles. The molecule has 4 heteroatoms. The van der Waals surface area contributed by atoms with Crippen LogP contribution in [0.5, 0.6) is 0 Å². The van der Waals surface area contributed by atoms with Crippen molar-refractivity contribution < 1.29 is 9.50 Å². The summed E-state index contributed by atoms with van der Waals surface area (Å²) in [5.74, 6) is -0.284. The van der Waals surface area contributed by atoms with Gasteiger partial charge in [0.1, 0.15) is 5.82 Å². The number of halogens is 3. The largest absolute Gasteiger partial charge is 0.396 e. The summed E-state index contributed by atoms with van der Waals surface area (Å²) in [4.78, 5) is 0. The molecule has 0 radical (unpaired) electrons. The molecule has 0 aliphatic heterocycles. The van der Waals surface area contributed by atoms with Crippen molar-refractivity contribution in [3.8, 4) is 0 Å². The Bertz CT molecular complexity index is 586. The fourth-order valence-corrected chi connectivity index (χ4v) is 2.60. The number of hydrogen-bond donors (Lipinski definition) is 1. The zero-order valence-corrected chi connectivity index (χ0v) is 12.3. The number of aliphatic hydroxyl groups excluding tert-OH is 1. The van der Waals surface area contributed by atoms with E-state index in [2.05, 4.69) is 0 Å². The van der Waals surface area contributed by atoms with Crippen LogP contribution in [0.3, 0.4) is 0 Å². The average molecular weight is 313 g/mol. The number of benzene rings is 2. The standard InChI is InChI=1S/C16H15Cl2FO/c17-14-4-5-16(18)13(9-14)7-12(10-20)6-11-2-1-3-15(19)8-11/h1-5,8-9,12,20H,6-7,10H2. The lowest BCUT2D eigenvalue weighted by Gasteiger charge is -2.15. The second-order valence-corrected chi connectivity index (χ2v) is 5.67. The first-order chi connectivity index (χ1) is 9.58. The van der Waals surface area contributed by atoms with Gasteiger partial charge in [0.15, 0.2) is 0 Å². The number of aliphatic hydroxyl groups is 1. The molecule has 0 fully saturated rings. The summed E-state index contributed by atoms with van der Waals surface area (Å²) in [5.41, 5.74) is 1.76. The van der Waals surface area contributed by atoms with E-state index in [4.69, 9.17) is 23.2 Å². The van der Waals surface area contributed by atoms with E-state index >= 15 is 0 Å². The van der Waals surface area contributed by atoms with Gasteiger partial charge in [-0.1, -0.05) is 35.3 Å². The van der Waals surface area contributed by atoms with Gasteiger partial charge in [-0.15, -0.1) is 0 Å². The van der Waals surface area contributed by atoms with E-state index in [1.54, 1.807) is 24.3 Å². The van der Waals surface area contributed by atoms with Crippen molar-refractivity contribution in [1.82, 2.24) is 0 Å². The Morgan fingerprint density at radius 1 is 1.05 bits per heavy atom. The first-order valence-corrected chi connectivity index (χ1v) is 7.13. The molecule has 0 saturated carbocycles. The van der Waals surface area contributed by atoms with Crippen molar-refractivity contribution in [1.29, 1.82) is 0 Å². The molecule has 1 unspecified atom stereocenters. The molecule has 106 valence electrons. The van der Waals surface area contributed by atoms with Crippen LogP contribution in [-0.2, 0) is 12.8 Å². The number of rotatable bonds is 5. The predicted octanol–water partition coefficient (Wildman–Crippen LogP) is 4.53. The van der Waals surface area contributed by atoms with E-state index in [1.165, 1.54) is 12.1 Å². The van der Waals surface area contributed by atoms with Gasteiger partial charge in [-0.05, 0) is 60.2 Å². The highest BCUT2D eigenvalue weighted by Gasteiger charge is 2.13. The Morgan fingerprint density at radius 3 is 2.55 bits per heavy atom. The minimum atomic E-state index is -0.264. The summed E-state index contributed by atoms with van der Waals surface area (Å²) in [7, 11) is 0. The van der Waals surface area contributed by atoms with E-state index in [9.17, 15) is 9.50 Å². The molecular weight excluding hydrogens is 298 g/mol. The maximum atomic E-state index is 13.2. The Kier molecular flexibility index (Phi) is 5.41. The van der Waals surface area contributed by atoms with E-state index in [1.807, 2.05) is 6.07 Å². The van der Waals surface area contributed by atoms with Crippen LogP contribution >= 0.6 is 23.2 Å². The van der Waals surface area contributed by atoms with Crippen LogP contribution in [-0.4, -0.2) is 11.7 Å². The molecule has 2 rings (SSSR count). The van der Waals surface area contributed by atoms with Crippen molar-refractivity contribution in [2.24, 2.45) is 5.92 Å². The van der Waals surface area contributed by atoms with Gasteiger partial charge in [0, 0.05) is 16.7 Å². The predicted molar refractivity (Wildman–Crippen MR) is 80.8 cm³/mol. The Balaban J connectivity index is 2.11. The maximum absolute atomic E-state index is 13.2. The van der Waals surface area contributed by atoms with Gasteiger partial charge in [0.25, 0.3) is 0 Å². The summed E-state index contributed by atoms with van der Waals surface area (Å²) in [5, 5.41) is 10.8. The molecule has 1 nitrogen and oxygen atoms in total. The van der Waals surface area contributed by atoms with Crippen LogP contribution in [0.1, 0.15) is 11.1 Å². The minimum Gasteiger partial charge on any atom is -0.396 e. The highest BCUT2D eigenvalue weighted by molar-refractivity contribution is 6.33. The van der Waals surface area contributed by atoms with Crippen molar-refractivity contribution in [3.63, 3.8) is 0 Å². The number of hydrogen-bond acceptors (Lipinski definition) is 1. The van der Waals surface area contributed by atoms with Gasteiger partial charge in [-0.3, -0.25) is 0 Å². The Hall–Kier alpha value is -1.09. The average Bonchev–Trinajstić information content (AvgIpc) is 2.42. The highest BCUT2D eigenvalue weighted by Crippen LogP contribution is 2.24. The molecule has 0 amide bonds. The van der Waals surface area contributed by atoms with Crippen molar-refractivity contribution in [3.05, 3.63) is 69.5 Å². The summed E-state index contributed by atoms with van der Waals surface area (Å²) in [6, 6.07) is 11.7. The normalized spacial score (nSPS) is 12.4. The monoisotopic (exact) mass is 312 g/mol. The van der Waals surface area contributed by atoms with Crippen LogP contribution in [0.15, 0.2) is 42.5 Å². The minimum absolute atomic E-state index is 0.0132. The fourth-order valence-electron chi connectivity index (χ4n) is 2.21. The third kappa shape index (κ3) is 4.20. The summed E-state index contributed by atoms with van der Waals surface area (Å²) >= 11 is 12.1. The molecule has 20 heavy (non-hydrogen) atoms. The molecule has 0 bridgehead atoms. The van der Waals surface area contributed by atoms with Gasteiger partial charge in [-0.2, -0.15) is 0 Å². The van der Waals surface area contributed by atoms with Crippen molar-refractivity contribution in [2.45, 2.75) is 12.8 Å². The first-order valence-electron chi connectivity index (χ1n) is 6.37. The van der Waals surface area contributed by atoms with E-state index in [0.717, 1.165) is 11.1 Å². The molecule has 2 aromatic rings. The maximum Gasteiger partial charge on any atom is 0.123 e. The van der Waals surface area contributed by atoms with Gasteiger partial charge in [0.05, 0.1) is 0 Å². The lowest BCUT2D eigenvalue weighted by atomic mass is 9.93. The first kappa shape index (κ1) is 15.3. The smallest absolute Gasteiger partial charge is 0.123 e. The van der Waals surface area contributed by atoms with E-state index in [0.29, 0.717) is 22.9 Å². The molecule has 0 aliphatic rings. The zero-order chi connectivity index (χ0) is 14.5. The van der Waals surface area contributed by atoms with Crippen molar-refractivity contribution in [2.75, 3.05) is 6.61 Å². The molecule has 0 aromatic heterocycles. The third-order valence-corrected chi connectivity index (χ3v) is 3.79. The summed E-state index contributed by atoms with van der Waals surface area (Å²) in [6.07, 6.45) is 1.20. The van der Waals surface area contributed by atoms with Crippen LogP contribution in [0.2, 0.25) is 10.0 Å². The molecule has 0 saturated heterocycles. The molecule has 0 spiro atoms. The van der Waals surface area contributed by atoms with Crippen molar-refractivity contribution >= 4 is 23.2 Å². The summed E-state index contributed by atoms with van der Waals surface area (Å²) in [6.45, 7) is 0.0132. The third-order valence-electron chi connectivity index (χ3n) is 3.19. The molecule has 0 heterocycles. The molecule has 1 N–H and O–H groups in total. The van der Waals surface area contributed by atoms with E-state index < -0.39 is 0 Å². The SMILES string of the molecule is OCC(Cc1cccc(F)c1)Cc1cc(Cl)ccc1Cl.